The molecule has 2 rings (SSSR count). The molecule has 2 heterocycles. The summed E-state index contributed by atoms with van der Waals surface area (Å²) in [7, 11) is 0. The van der Waals surface area contributed by atoms with Crippen molar-refractivity contribution in [2.75, 3.05) is 26.3 Å². The molecule has 70 valence electrons. The summed E-state index contributed by atoms with van der Waals surface area (Å²) in [4.78, 5) is 2.38. The van der Waals surface area contributed by atoms with Crippen molar-refractivity contribution in [2.24, 2.45) is 0 Å². The van der Waals surface area contributed by atoms with Gasteiger partial charge in [-0.3, -0.25) is 4.90 Å². The van der Waals surface area contributed by atoms with Gasteiger partial charge >= 0.3 is 0 Å². The first-order valence-corrected chi connectivity index (χ1v) is 4.66. The highest BCUT2D eigenvalue weighted by atomic mass is 16.5. The minimum atomic E-state index is 0.168. The average molecular weight is 170 g/mol. The molecule has 2 aliphatic rings. The Balaban J connectivity index is 1.98. The van der Waals surface area contributed by atoms with E-state index < -0.39 is 0 Å². The summed E-state index contributed by atoms with van der Waals surface area (Å²) in [5, 5.41) is 15.9. The second-order valence-electron chi connectivity index (χ2n) is 3.82. The van der Waals surface area contributed by atoms with Gasteiger partial charge in [-0.1, -0.05) is 0 Å². The van der Waals surface area contributed by atoms with Gasteiger partial charge in [-0.05, 0) is 19.9 Å². The SMILES string of the molecule is CC1CN2CNCCC2CN1[O-]. The summed E-state index contributed by atoms with van der Waals surface area (Å²) in [6.07, 6.45) is 1.12. The van der Waals surface area contributed by atoms with E-state index in [9.17, 15) is 5.21 Å². The number of nitrogens with zero attached hydrogens (tertiary/aromatic N) is 2. The Kier molecular flexibility index (Phi) is 2.32. The number of fused-ring (bicyclic) bond motifs is 1. The maximum atomic E-state index is 11.3. The van der Waals surface area contributed by atoms with Gasteiger partial charge in [0, 0.05) is 31.8 Å². The van der Waals surface area contributed by atoms with Crippen LogP contribution >= 0.6 is 0 Å². The van der Waals surface area contributed by atoms with Crippen LogP contribution in [0.1, 0.15) is 13.3 Å². The van der Waals surface area contributed by atoms with E-state index in [0.29, 0.717) is 12.6 Å². The van der Waals surface area contributed by atoms with Crippen LogP contribution in [-0.4, -0.2) is 48.3 Å². The number of piperazine rings is 1. The molecule has 0 bridgehead atoms. The quantitative estimate of drug-likeness (QED) is 0.547. The highest BCUT2D eigenvalue weighted by molar-refractivity contribution is 4.88. The second kappa shape index (κ2) is 3.30. The van der Waals surface area contributed by atoms with E-state index >= 15 is 0 Å². The molecule has 2 atom stereocenters. The van der Waals surface area contributed by atoms with Crippen LogP contribution in [-0.2, 0) is 0 Å². The average Bonchev–Trinajstić information content (AvgIpc) is 2.07. The van der Waals surface area contributed by atoms with Crippen LogP contribution in [0.15, 0.2) is 0 Å². The summed E-state index contributed by atoms with van der Waals surface area (Å²) in [6, 6.07) is 0.668. The van der Waals surface area contributed by atoms with Crippen molar-refractivity contribution in [1.82, 2.24) is 15.3 Å². The molecule has 0 spiro atoms. The minimum Gasteiger partial charge on any atom is -0.785 e. The first kappa shape index (κ1) is 8.44. The number of hydroxylamine groups is 2. The maximum Gasteiger partial charge on any atom is 0.0484 e. The first-order chi connectivity index (χ1) is 5.77. The van der Waals surface area contributed by atoms with Crippen molar-refractivity contribution in [3.05, 3.63) is 5.21 Å². The van der Waals surface area contributed by atoms with Gasteiger partial charge in [0.15, 0.2) is 0 Å². The van der Waals surface area contributed by atoms with E-state index in [1.807, 2.05) is 6.92 Å². The van der Waals surface area contributed by atoms with E-state index in [1.165, 1.54) is 5.06 Å². The van der Waals surface area contributed by atoms with Gasteiger partial charge in [0.1, 0.15) is 0 Å². The maximum absolute atomic E-state index is 11.3. The zero-order valence-corrected chi connectivity index (χ0v) is 7.49. The van der Waals surface area contributed by atoms with Crippen molar-refractivity contribution in [2.45, 2.75) is 25.4 Å². The van der Waals surface area contributed by atoms with E-state index in [1.54, 1.807) is 0 Å². The van der Waals surface area contributed by atoms with Crippen LogP contribution in [0.4, 0.5) is 0 Å². The monoisotopic (exact) mass is 170 g/mol. The smallest absolute Gasteiger partial charge is 0.0484 e. The van der Waals surface area contributed by atoms with Gasteiger partial charge < -0.3 is 15.6 Å². The molecule has 0 amide bonds. The molecule has 0 aliphatic carbocycles. The largest absolute Gasteiger partial charge is 0.785 e. The summed E-state index contributed by atoms with van der Waals surface area (Å²) in [5.74, 6) is 0. The molecule has 2 saturated heterocycles. The molecule has 2 aliphatic heterocycles. The summed E-state index contributed by atoms with van der Waals surface area (Å²) in [6.45, 7) is 5.63. The van der Waals surface area contributed by atoms with Crippen LogP contribution in [0, 0.1) is 5.21 Å². The molecule has 0 aromatic rings. The fourth-order valence-electron chi connectivity index (χ4n) is 2.04. The molecule has 1 N–H and O–H groups in total. The predicted octanol–water partition coefficient (Wildman–Crippen LogP) is -0.190. The third-order valence-electron chi connectivity index (χ3n) is 2.87. The van der Waals surface area contributed by atoms with Gasteiger partial charge in [0.2, 0.25) is 0 Å². The number of rotatable bonds is 0. The molecule has 0 aromatic carbocycles. The Morgan fingerprint density at radius 3 is 3.08 bits per heavy atom. The highest BCUT2D eigenvalue weighted by Gasteiger charge is 2.28. The summed E-state index contributed by atoms with van der Waals surface area (Å²) in [5.41, 5.74) is 0. The van der Waals surface area contributed by atoms with Crippen LogP contribution < -0.4 is 5.32 Å². The van der Waals surface area contributed by atoms with Crippen LogP contribution in [0.3, 0.4) is 0 Å². The van der Waals surface area contributed by atoms with E-state index in [-0.39, 0.29) is 6.04 Å². The fourth-order valence-corrected chi connectivity index (χ4v) is 2.04. The summed E-state index contributed by atoms with van der Waals surface area (Å²) >= 11 is 0. The molecular weight excluding hydrogens is 154 g/mol. The topological polar surface area (TPSA) is 41.6 Å². The second-order valence-corrected chi connectivity index (χ2v) is 3.82. The van der Waals surface area contributed by atoms with Crippen LogP contribution in [0.2, 0.25) is 0 Å². The van der Waals surface area contributed by atoms with Crippen molar-refractivity contribution in [1.29, 1.82) is 0 Å². The standard InChI is InChI=1S/C8H16N3O/c1-7-4-10-6-9-3-2-8(10)5-11(7)12/h7-9H,2-6H2,1H3/q-1. The molecule has 12 heavy (non-hydrogen) atoms. The molecule has 2 fully saturated rings. The van der Waals surface area contributed by atoms with Gasteiger partial charge in [-0.25, -0.2) is 0 Å². The number of nitrogens with one attached hydrogen (secondary N) is 1. The minimum absolute atomic E-state index is 0.168. The third-order valence-corrected chi connectivity index (χ3v) is 2.87. The highest BCUT2D eigenvalue weighted by Crippen LogP contribution is 2.17. The molecule has 4 nitrogen and oxygen atoms in total. The van der Waals surface area contributed by atoms with Crippen molar-refractivity contribution in [3.63, 3.8) is 0 Å². The Morgan fingerprint density at radius 2 is 2.25 bits per heavy atom. The zero-order chi connectivity index (χ0) is 8.55. The zero-order valence-electron chi connectivity index (χ0n) is 7.49. The lowest BCUT2D eigenvalue weighted by molar-refractivity contribution is 0.0356. The van der Waals surface area contributed by atoms with Gasteiger partial charge in [0.05, 0.1) is 0 Å². The fraction of sp³-hybridized carbons (Fsp3) is 1.00. The normalized spacial score (nSPS) is 39.5. The lowest BCUT2D eigenvalue weighted by atomic mass is 10.1. The van der Waals surface area contributed by atoms with Crippen molar-refractivity contribution >= 4 is 0 Å². The first-order valence-electron chi connectivity index (χ1n) is 4.66. The molecule has 4 heteroatoms. The number of hydrogen-bond acceptors (Lipinski definition) is 4. The lowest BCUT2D eigenvalue weighted by Crippen LogP contribution is -2.60. The molecule has 2 unspecified atom stereocenters. The Morgan fingerprint density at radius 1 is 1.42 bits per heavy atom. The van der Waals surface area contributed by atoms with E-state index in [2.05, 4.69) is 10.2 Å². The van der Waals surface area contributed by atoms with Crippen molar-refractivity contribution in [3.8, 4) is 0 Å². The van der Waals surface area contributed by atoms with Crippen LogP contribution in [0.25, 0.3) is 0 Å². The Labute approximate surface area is 73.1 Å². The van der Waals surface area contributed by atoms with E-state index in [4.69, 9.17) is 0 Å². The van der Waals surface area contributed by atoms with Gasteiger partial charge in [-0.2, -0.15) is 0 Å². The predicted molar refractivity (Wildman–Crippen MR) is 47.5 cm³/mol. The third kappa shape index (κ3) is 1.47. The van der Waals surface area contributed by atoms with Gasteiger partial charge in [0.25, 0.3) is 0 Å². The molecular formula is C8H16N3O-. The Bertz CT molecular complexity index is 146. The Hall–Kier alpha value is -0.160. The molecule has 0 saturated carbocycles. The molecule has 0 radical (unpaired) electrons. The van der Waals surface area contributed by atoms with Crippen molar-refractivity contribution < 1.29 is 0 Å². The van der Waals surface area contributed by atoms with Crippen LogP contribution in [0.5, 0.6) is 0 Å². The lowest BCUT2D eigenvalue weighted by Gasteiger charge is -2.50. The number of hydrogen-bond donors (Lipinski definition) is 1. The van der Waals surface area contributed by atoms with Gasteiger partial charge in [-0.15, -0.1) is 0 Å². The van der Waals surface area contributed by atoms with E-state index in [0.717, 1.165) is 26.2 Å². The summed E-state index contributed by atoms with van der Waals surface area (Å²) < 4.78 is 0. The molecule has 0 aromatic heterocycles.